The Kier molecular flexibility index (Phi) is 7.63. The highest BCUT2D eigenvalue weighted by Gasteiger charge is 2.28. The summed E-state index contributed by atoms with van der Waals surface area (Å²) >= 11 is 12.0. The Hall–Kier alpha value is -0.810. The maximum atomic E-state index is 12.4. The van der Waals surface area contributed by atoms with Gasteiger partial charge in [0, 0.05) is 29.7 Å². The van der Waals surface area contributed by atoms with Crippen LogP contribution in [0.1, 0.15) is 25.8 Å². The van der Waals surface area contributed by atoms with Crippen LogP contribution in [0.5, 0.6) is 0 Å². The summed E-state index contributed by atoms with van der Waals surface area (Å²) in [5.74, 6) is -0.354. The van der Waals surface area contributed by atoms with Crippen LogP contribution in [-0.2, 0) is 16.0 Å². The molecule has 0 heterocycles. The molecule has 0 saturated carbocycles. The average molecular weight is 348 g/mol. The van der Waals surface area contributed by atoms with Crippen LogP contribution >= 0.6 is 23.2 Å². The minimum Gasteiger partial charge on any atom is -0.396 e. The summed E-state index contributed by atoms with van der Waals surface area (Å²) in [6, 6.07) is 5.26. The van der Waals surface area contributed by atoms with E-state index in [4.69, 9.17) is 33.0 Å². The van der Waals surface area contributed by atoms with Crippen LogP contribution in [0.4, 0.5) is 0 Å². The molecule has 2 atom stereocenters. The molecular weight excluding hydrogens is 325 g/mol. The second-order valence-electron chi connectivity index (χ2n) is 5.80. The Morgan fingerprint density at radius 3 is 2.68 bits per heavy atom. The summed E-state index contributed by atoms with van der Waals surface area (Å²) in [6.45, 7) is 4.02. The number of aliphatic hydroxyl groups is 1. The van der Waals surface area contributed by atoms with Crippen molar-refractivity contribution < 1.29 is 14.6 Å². The molecule has 0 aliphatic rings. The molecule has 0 fully saturated rings. The Bertz CT molecular complexity index is 502. The molecule has 1 aromatic carbocycles. The molecule has 0 bridgehead atoms. The van der Waals surface area contributed by atoms with Gasteiger partial charge in [-0.1, -0.05) is 36.2 Å². The second kappa shape index (κ2) is 8.73. The van der Waals surface area contributed by atoms with E-state index in [1.54, 1.807) is 19.2 Å². The lowest BCUT2D eigenvalue weighted by molar-refractivity contribution is -0.127. The molecule has 0 aromatic heterocycles. The summed E-state index contributed by atoms with van der Waals surface area (Å²) < 4.78 is 5.13. The zero-order valence-electron chi connectivity index (χ0n) is 13.2. The number of carbonyl (C=O) groups is 1. The third-order valence-electron chi connectivity index (χ3n) is 3.54. The van der Waals surface area contributed by atoms with E-state index in [0.29, 0.717) is 29.5 Å². The number of benzene rings is 1. The average Bonchev–Trinajstić information content (AvgIpc) is 2.42. The SMILES string of the molecule is COCC(C)(CCO)NC(=O)C(C)Cc1ccc(Cl)cc1Cl. The molecule has 2 N–H and O–H groups in total. The third kappa shape index (κ3) is 5.76. The van der Waals surface area contributed by atoms with Crippen LogP contribution in [0.2, 0.25) is 10.0 Å². The molecule has 6 heteroatoms. The fourth-order valence-electron chi connectivity index (χ4n) is 2.27. The molecule has 1 amide bonds. The summed E-state index contributed by atoms with van der Waals surface area (Å²) in [6.07, 6.45) is 0.949. The first-order valence-electron chi connectivity index (χ1n) is 7.17. The number of rotatable bonds is 8. The van der Waals surface area contributed by atoms with Gasteiger partial charge in [-0.05, 0) is 37.5 Å². The van der Waals surface area contributed by atoms with E-state index in [1.165, 1.54) is 0 Å². The number of carbonyl (C=O) groups excluding carboxylic acids is 1. The highest BCUT2D eigenvalue weighted by molar-refractivity contribution is 6.35. The Balaban J connectivity index is 2.71. The van der Waals surface area contributed by atoms with Crippen molar-refractivity contribution in [2.45, 2.75) is 32.2 Å². The Labute approximate surface area is 141 Å². The van der Waals surface area contributed by atoms with Gasteiger partial charge in [-0.2, -0.15) is 0 Å². The van der Waals surface area contributed by atoms with Gasteiger partial charge in [0.2, 0.25) is 5.91 Å². The predicted octanol–water partition coefficient (Wildman–Crippen LogP) is 3.08. The van der Waals surface area contributed by atoms with Gasteiger partial charge in [0.25, 0.3) is 0 Å². The van der Waals surface area contributed by atoms with Gasteiger partial charge in [0.1, 0.15) is 0 Å². The van der Waals surface area contributed by atoms with Gasteiger partial charge < -0.3 is 15.2 Å². The summed E-state index contributed by atoms with van der Waals surface area (Å²) in [5, 5.41) is 13.2. The smallest absolute Gasteiger partial charge is 0.223 e. The zero-order valence-corrected chi connectivity index (χ0v) is 14.7. The second-order valence-corrected chi connectivity index (χ2v) is 6.64. The van der Waals surface area contributed by atoms with Gasteiger partial charge in [-0.15, -0.1) is 0 Å². The normalized spacial score (nSPS) is 15.2. The van der Waals surface area contributed by atoms with Crippen LogP contribution in [0.15, 0.2) is 18.2 Å². The van der Waals surface area contributed by atoms with E-state index >= 15 is 0 Å². The Morgan fingerprint density at radius 1 is 1.45 bits per heavy atom. The number of methoxy groups -OCH3 is 1. The number of hydrogen-bond acceptors (Lipinski definition) is 3. The maximum Gasteiger partial charge on any atom is 0.223 e. The largest absolute Gasteiger partial charge is 0.396 e. The van der Waals surface area contributed by atoms with Crippen LogP contribution in [-0.4, -0.2) is 36.9 Å². The molecule has 2 unspecified atom stereocenters. The lowest BCUT2D eigenvalue weighted by Gasteiger charge is -2.31. The van der Waals surface area contributed by atoms with E-state index < -0.39 is 5.54 Å². The van der Waals surface area contributed by atoms with Gasteiger partial charge in [-0.25, -0.2) is 0 Å². The zero-order chi connectivity index (χ0) is 16.8. The molecule has 0 radical (unpaired) electrons. The van der Waals surface area contributed by atoms with Crippen molar-refractivity contribution in [1.82, 2.24) is 5.32 Å². The van der Waals surface area contributed by atoms with E-state index in [-0.39, 0.29) is 18.4 Å². The monoisotopic (exact) mass is 347 g/mol. The lowest BCUT2D eigenvalue weighted by atomic mass is 9.95. The minimum absolute atomic E-state index is 0.0163. The molecule has 22 heavy (non-hydrogen) atoms. The van der Waals surface area contributed by atoms with Crippen LogP contribution in [0.3, 0.4) is 0 Å². The maximum absolute atomic E-state index is 12.4. The lowest BCUT2D eigenvalue weighted by Crippen LogP contribution is -2.51. The molecule has 4 nitrogen and oxygen atoms in total. The fourth-order valence-corrected chi connectivity index (χ4v) is 2.75. The van der Waals surface area contributed by atoms with E-state index in [9.17, 15) is 4.79 Å². The summed E-state index contributed by atoms with van der Waals surface area (Å²) in [5.41, 5.74) is 0.294. The van der Waals surface area contributed by atoms with Gasteiger partial charge in [-0.3, -0.25) is 4.79 Å². The number of hydrogen-bond donors (Lipinski definition) is 2. The molecule has 1 aromatic rings. The van der Waals surface area contributed by atoms with Crippen molar-refractivity contribution in [2.75, 3.05) is 20.3 Å². The first-order chi connectivity index (χ1) is 10.3. The van der Waals surface area contributed by atoms with Crippen molar-refractivity contribution in [3.63, 3.8) is 0 Å². The van der Waals surface area contributed by atoms with E-state index in [2.05, 4.69) is 5.32 Å². The number of amides is 1. The van der Waals surface area contributed by atoms with Gasteiger partial charge >= 0.3 is 0 Å². The van der Waals surface area contributed by atoms with E-state index in [1.807, 2.05) is 19.9 Å². The van der Waals surface area contributed by atoms with Crippen LogP contribution in [0, 0.1) is 5.92 Å². The number of aliphatic hydroxyl groups excluding tert-OH is 1. The molecule has 124 valence electrons. The fraction of sp³-hybridized carbons (Fsp3) is 0.562. The van der Waals surface area contributed by atoms with E-state index in [0.717, 1.165) is 5.56 Å². The summed E-state index contributed by atoms with van der Waals surface area (Å²) in [4.78, 5) is 12.4. The number of nitrogens with one attached hydrogen (secondary N) is 1. The van der Waals surface area contributed by atoms with Crippen molar-refractivity contribution in [3.8, 4) is 0 Å². The molecule has 0 aliphatic carbocycles. The highest BCUT2D eigenvalue weighted by Crippen LogP contribution is 2.23. The predicted molar refractivity (Wildman–Crippen MR) is 89.5 cm³/mol. The Morgan fingerprint density at radius 2 is 2.14 bits per heavy atom. The molecule has 0 spiro atoms. The minimum atomic E-state index is -0.585. The topological polar surface area (TPSA) is 58.6 Å². The summed E-state index contributed by atoms with van der Waals surface area (Å²) in [7, 11) is 1.57. The van der Waals surface area contributed by atoms with Crippen LogP contribution < -0.4 is 5.32 Å². The van der Waals surface area contributed by atoms with Crippen molar-refractivity contribution in [1.29, 1.82) is 0 Å². The molecule has 0 saturated heterocycles. The van der Waals surface area contributed by atoms with Gasteiger partial charge in [0.05, 0.1) is 12.1 Å². The first-order valence-corrected chi connectivity index (χ1v) is 7.92. The van der Waals surface area contributed by atoms with Gasteiger partial charge in [0.15, 0.2) is 0 Å². The molecule has 0 aliphatic heterocycles. The van der Waals surface area contributed by atoms with Crippen LogP contribution in [0.25, 0.3) is 0 Å². The van der Waals surface area contributed by atoms with Crippen molar-refractivity contribution in [3.05, 3.63) is 33.8 Å². The first kappa shape index (κ1) is 19.2. The molecular formula is C16H23Cl2NO3. The van der Waals surface area contributed by atoms with Crippen molar-refractivity contribution in [2.24, 2.45) is 5.92 Å². The quantitative estimate of drug-likeness (QED) is 0.759. The standard InChI is InChI=1S/C16H23Cl2NO3/c1-11(8-12-4-5-13(17)9-14(12)18)15(21)19-16(2,6-7-20)10-22-3/h4-5,9,11,20H,6-8,10H2,1-3H3,(H,19,21). The number of halogens is 2. The third-order valence-corrected chi connectivity index (χ3v) is 4.13. The highest BCUT2D eigenvalue weighted by atomic mass is 35.5. The van der Waals surface area contributed by atoms with Crippen molar-refractivity contribution >= 4 is 29.1 Å². The number of ether oxygens (including phenoxy) is 1. The molecule has 1 rings (SSSR count).